The molecular formula is C3H4N6O4. The Hall–Kier alpha value is -2.10. The highest BCUT2D eigenvalue weighted by Gasteiger charge is 2.57. The molecule has 10 nitrogen and oxygen atoms in total. The molecule has 70 valence electrons. The molecule has 0 bridgehead atoms. The number of nitrogens with zero attached hydrogens (tertiary/aromatic N) is 3. The van der Waals surface area contributed by atoms with Gasteiger partial charge in [-0.3, -0.25) is 15.5 Å². The molecule has 0 saturated heterocycles. The maximum atomic E-state index is 10.3. The van der Waals surface area contributed by atoms with Crippen LogP contribution in [0.1, 0.15) is 0 Å². The van der Waals surface area contributed by atoms with Crippen molar-refractivity contribution in [3.63, 3.8) is 0 Å². The summed E-state index contributed by atoms with van der Waals surface area (Å²) in [6.45, 7) is 0. The van der Waals surface area contributed by atoms with Crippen LogP contribution in [0, 0.1) is 25.6 Å². The third-order valence-electron chi connectivity index (χ3n) is 1.40. The zero-order valence-electron chi connectivity index (χ0n) is 6.05. The standard InChI is InChI=1S/C3H4N6O4/c4-1-2(8(10)11)6-7-3(1,5)9(12)13/h4,7H,5H2. The number of hydrogen-bond acceptors (Lipinski definition) is 8. The second kappa shape index (κ2) is 2.45. The predicted molar refractivity (Wildman–Crippen MR) is 39.2 cm³/mol. The molecule has 0 radical (unpaired) electrons. The summed E-state index contributed by atoms with van der Waals surface area (Å²) in [6, 6.07) is 0. The summed E-state index contributed by atoms with van der Waals surface area (Å²) >= 11 is 0. The number of rotatable bonds is 1. The van der Waals surface area contributed by atoms with Crippen molar-refractivity contribution in [3.05, 3.63) is 20.2 Å². The lowest BCUT2D eigenvalue weighted by Gasteiger charge is -2.09. The summed E-state index contributed by atoms with van der Waals surface area (Å²) in [5.74, 6) is -3.43. The van der Waals surface area contributed by atoms with E-state index in [9.17, 15) is 20.2 Å². The lowest BCUT2D eigenvalue weighted by Crippen LogP contribution is -2.61. The van der Waals surface area contributed by atoms with E-state index in [1.165, 1.54) is 0 Å². The Labute approximate surface area is 70.2 Å². The van der Waals surface area contributed by atoms with Gasteiger partial charge in [0.15, 0.2) is 0 Å². The molecule has 13 heavy (non-hydrogen) atoms. The molecule has 1 aliphatic heterocycles. The first kappa shape index (κ1) is 8.99. The van der Waals surface area contributed by atoms with E-state index in [-0.39, 0.29) is 0 Å². The van der Waals surface area contributed by atoms with E-state index in [1.54, 1.807) is 5.43 Å². The molecule has 0 fully saturated rings. The third kappa shape index (κ3) is 1.08. The largest absolute Gasteiger partial charge is 0.433 e. The first-order valence-corrected chi connectivity index (χ1v) is 2.91. The Morgan fingerprint density at radius 3 is 2.31 bits per heavy atom. The van der Waals surface area contributed by atoms with Crippen molar-refractivity contribution in [1.29, 1.82) is 5.41 Å². The number of amidine groups is 1. The third-order valence-corrected chi connectivity index (χ3v) is 1.40. The van der Waals surface area contributed by atoms with Crippen molar-refractivity contribution in [3.8, 4) is 0 Å². The normalized spacial score (nSPS) is 26.5. The van der Waals surface area contributed by atoms with Crippen LogP contribution in [0.2, 0.25) is 0 Å². The number of nitrogens with one attached hydrogen (secondary N) is 2. The first-order valence-electron chi connectivity index (χ1n) is 2.91. The summed E-state index contributed by atoms with van der Waals surface area (Å²) in [7, 11) is 0. The number of nitro groups is 2. The highest BCUT2D eigenvalue weighted by atomic mass is 16.6. The monoisotopic (exact) mass is 188 g/mol. The van der Waals surface area contributed by atoms with E-state index in [2.05, 4.69) is 5.10 Å². The average Bonchev–Trinajstić information content (AvgIpc) is 2.30. The second-order valence-electron chi connectivity index (χ2n) is 2.20. The second-order valence-corrected chi connectivity index (χ2v) is 2.20. The lowest BCUT2D eigenvalue weighted by atomic mass is 10.2. The van der Waals surface area contributed by atoms with Crippen LogP contribution in [0.15, 0.2) is 5.10 Å². The Balaban J connectivity index is 3.02. The molecule has 4 N–H and O–H groups in total. The molecule has 1 unspecified atom stereocenters. The minimum absolute atomic E-state index is 0.945. The van der Waals surface area contributed by atoms with Gasteiger partial charge in [0.05, 0.1) is 10.0 Å². The van der Waals surface area contributed by atoms with Gasteiger partial charge in [-0.1, -0.05) is 0 Å². The quantitative estimate of drug-likeness (QED) is 0.247. The molecule has 10 heteroatoms. The Bertz CT molecular complexity index is 335. The van der Waals surface area contributed by atoms with E-state index >= 15 is 0 Å². The zero-order valence-corrected chi connectivity index (χ0v) is 6.05. The van der Waals surface area contributed by atoms with Gasteiger partial charge in [-0.25, -0.2) is 5.73 Å². The fourth-order valence-corrected chi connectivity index (χ4v) is 0.685. The maximum absolute atomic E-state index is 10.3. The van der Waals surface area contributed by atoms with Gasteiger partial charge in [0.2, 0.25) is 0 Å². The summed E-state index contributed by atoms with van der Waals surface area (Å²) in [6.07, 6.45) is 0. The Morgan fingerprint density at radius 2 is 2.08 bits per heavy atom. The highest BCUT2D eigenvalue weighted by Crippen LogP contribution is 2.08. The van der Waals surface area contributed by atoms with Crippen LogP contribution < -0.4 is 11.2 Å². The number of nitrogens with two attached hydrogens (primary N) is 1. The van der Waals surface area contributed by atoms with Crippen LogP contribution in [0.25, 0.3) is 0 Å². The SMILES string of the molecule is N=C1C([N+](=O)[O-])=NNC1(N)[N+](=O)[O-]. The Morgan fingerprint density at radius 1 is 1.54 bits per heavy atom. The van der Waals surface area contributed by atoms with E-state index in [0.717, 1.165) is 0 Å². The van der Waals surface area contributed by atoms with Crippen LogP contribution >= 0.6 is 0 Å². The van der Waals surface area contributed by atoms with E-state index in [4.69, 9.17) is 11.1 Å². The number of hydrogen-bond donors (Lipinski definition) is 3. The fraction of sp³-hybridized carbons (Fsp3) is 0.333. The van der Waals surface area contributed by atoms with Gasteiger partial charge >= 0.3 is 11.6 Å². The van der Waals surface area contributed by atoms with Gasteiger partial charge < -0.3 is 10.1 Å². The van der Waals surface area contributed by atoms with Crippen molar-refractivity contribution in [2.45, 2.75) is 5.79 Å². The molecule has 1 atom stereocenters. The van der Waals surface area contributed by atoms with Crippen molar-refractivity contribution >= 4 is 11.5 Å². The van der Waals surface area contributed by atoms with Crippen LogP contribution in [-0.4, -0.2) is 27.2 Å². The summed E-state index contributed by atoms with van der Waals surface area (Å²) in [4.78, 5) is 18.3. The minimum Gasteiger partial charge on any atom is -0.358 e. The molecule has 0 aliphatic carbocycles. The van der Waals surface area contributed by atoms with Crippen LogP contribution in [-0.2, 0) is 0 Å². The molecule has 0 aromatic carbocycles. The average molecular weight is 188 g/mol. The van der Waals surface area contributed by atoms with Gasteiger partial charge in [-0.05, 0) is 4.92 Å². The molecule has 1 heterocycles. The summed E-state index contributed by atoms with van der Waals surface area (Å²) in [5, 5.41) is 30.4. The van der Waals surface area contributed by atoms with Crippen molar-refractivity contribution in [2.75, 3.05) is 0 Å². The highest BCUT2D eigenvalue weighted by molar-refractivity contribution is 6.40. The molecule has 0 spiro atoms. The maximum Gasteiger partial charge on any atom is 0.433 e. The summed E-state index contributed by atoms with van der Waals surface area (Å²) in [5.41, 5.74) is 5.76. The minimum atomic E-state index is -2.48. The molecule has 1 aliphatic rings. The van der Waals surface area contributed by atoms with Gasteiger partial charge in [0.1, 0.15) is 0 Å². The zero-order chi connectivity index (χ0) is 10.2. The molecule has 0 saturated carbocycles. The lowest BCUT2D eigenvalue weighted by molar-refractivity contribution is -0.552. The van der Waals surface area contributed by atoms with Crippen molar-refractivity contribution < 1.29 is 9.85 Å². The summed E-state index contributed by atoms with van der Waals surface area (Å²) < 4.78 is 0. The predicted octanol–water partition coefficient (Wildman–Crippen LogP) is -1.91. The van der Waals surface area contributed by atoms with Gasteiger partial charge in [0, 0.05) is 0 Å². The van der Waals surface area contributed by atoms with E-state index in [1.807, 2.05) is 0 Å². The van der Waals surface area contributed by atoms with E-state index in [0.29, 0.717) is 0 Å². The van der Waals surface area contributed by atoms with Crippen LogP contribution in [0.3, 0.4) is 0 Å². The fourth-order valence-electron chi connectivity index (χ4n) is 0.685. The molecule has 0 aromatic rings. The van der Waals surface area contributed by atoms with Gasteiger partial charge in [-0.15, -0.1) is 5.43 Å². The van der Waals surface area contributed by atoms with Gasteiger partial charge in [-0.2, -0.15) is 0 Å². The topological polar surface area (TPSA) is 161 Å². The van der Waals surface area contributed by atoms with Crippen molar-refractivity contribution in [1.82, 2.24) is 5.43 Å². The Kier molecular flexibility index (Phi) is 1.69. The molecular weight excluding hydrogens is 184 g/mol. The smallest absolute Gasteiger partial charge is 0.358 e. The van der Waals surface area contributed by atoms with Crippen LogP contribution in [0.4, 0.5) is 0 Å². The van der Waals surface area contributed by atoms with Crippen molar-refractivity contribution in [2.24, 2.45) is 10.8 Å². The van der Waals surface area contributed by atoms with Gasteiger partial charge in [0.25, 0.3) is 5.71 Å². The molecule has 1 rings (SSSR count). The molecule has 0 amide bonds. The van der Waals surface area contributed by atoms with Crippen LogP contribution in [0.5, 0.6) is 0 Å². The van der Waals surface area contributed by atoms with E-state index < -0.39 is 27.2 Å². The first-order chi connectivity index (χ1) is 5.89. The molecule has 0 aromatic heterocycles. The number of hydrazone groups is 1.